The number of halogens is 1. The Bertz CT molecular complexity index is 446. The molecule has 1 spiro atoms. The maximum atomic E-state index is 12.3. The van der Waals surface area contributed by atoms with Crippen LogP contribution in [0.2, 0.25) is 0 Å². The largest absolute Gasteiger partial charge is 0.347 e. The third kappa shape index (κ3) is 2.31. The average Bonchev–Trinajstić information content (AvgIpc) is 2.99. The molecular weight excluding hydrogens is 365 g/mol. The number of carbonyl (C=O) groups is 1. The molecule has 0 aromatic carbocycles. The molecule has 2 fully saturated rings. The number of carbonyl (C=O) groups excluding carboxylic acids is 1. The zero-order valence-corrected chi connectivity index (χ0v) is 12.8. The molecule has 3 heterocycles. The van der Waals surface area contributed by atoms with E-state index in [-0.39, 0.29) is 5.91 Å². The first-order chi connectivity index (χ1) is 8.70. The lowest BCUT2D eigenvalue weighted by atomic mass is 10.0. The van der Waals surface area contributed by atoms with Gasteiger partial charge in [0.25, 0.3) is 5.91 Å². The van der Waals surface area contributed by atoms with Crippen LogP contribution in [0.25, 0.3) is 0 Å². The van der Waals surface area contributed by atoms with E-state index in [1.54, 1.807) is 0 Å². The van der Waals surface area contributed by atoms with Crippen LogP contribution in [0.4, 0.5) is 0 Å². The Morgan fingerprint density at radius 3 is 2.56 bits per heavy atom. The zero-order chi connectivity index (χ0) is 12.6. The molecule has 0 radical (unpaired) electrons. The van der Waals surface area contributed by atoms with E-state index >= 15 is 0 Å². The first kappa shape index (κ1) is 12.8. The van der Waals surface area contributed by atoms with E-state index in [1.165, 1.54) is 11.3 Å². The predicted octanol–water partition coefficient (Wildman–Crippen LogP) is 2.33. The number of ether oxygens (including phenoxy) is 2. The number of hydrogen-bond acceptors (Lipinski definition) is 4. The summed E-state index contributed by atoms with van der Waals surface area (Å²) in [6.45, 7) is 2.78. The van der Waals surface area contributed by atoms with E-state index in [0.717, 1.165) is 21.3 Å². The zero-order valence-electron chi connectivity index (χ0n) is 9.86. The normalized spacial score (nSPS) is 22.6. The van der Waals surface area contributed by atoms with E-state index in [2.05, 4.69) is 22.6 Å². The lowest BCUT2D eigenvalue weighted by Gasteiger charge is -2.37. The van der Waals surface area contributed by atoms with Crippen LogP contribution < -0.4 is 0 Å². The van der Waals surface area contributed by atoms with Crippen molar-refractivity contribution in [3.63, 3.8) is 0 Å². The molecule has 0 bridgehead atoms. The number of thiophene rings is 1. The van der Waals surface area contributed by atoms with Crippen LogP contribution in [0, 0.1) is 3.57 Å². The van der Waals surface area contributed by atoms with Crippen molar-refractivity contribution in [3.05, 3.63) is 19.9 Å². The van der Waals surface area contributed by atoms with Gasteiger partial charge in [0, 0.05) is 29.5 Å². The summed E-state index contributed by atoms with van der Waals surface area (Å²) in [5.41, 5.74) is 0. The summed E-state index contributed by atoms with van der Waals surface area (Å²) in [4.78, 5) is 15.1. The van der Waals surface area contributed by atoms with E-state index in [9.17, 15) is 4.79 Å². The average molecular weight is 379 g/mol. The molecule has 2 aliphatic heterocycles. The summed E-state index contributed by atoms with van der Waals surface area (Å²) in [5, 5.41) is 1.96. The molecule has 18 heavy (non-hydrogen) atoms. The Morgan fingerprint density at radius 2 is 2.00 bits per heavy atom. The van der Waals surface area contributed by atoms with Gasteiger partial charge in [0.1, 0.15) is 4.88 Å². The summed E-state index contributed by atoms with van der Waals surface area (Å²) < 4.78 is 12.4. The van der Waals surface area contributed by atoms with Crippen molar-refractivity contribution in [3.8, 4) is 0 Å². The van der Waals surface area contributed by atoms with Gasteiger partial charge < -0.3 is 14.4 Å². The molecule has 1 amide bonds. The van der Waals surface area contributed by atoms with Gasteiger partial charge in [0.2, 0.25) is 0 Å². The second-order valence-corrected chi connectivity index (χ2v) is 6.58. The van der Waals surface area contributed by atoms with Gasteiger partial charge in [-0.3, -0.25) is 4.79 Å². The van der Waals surface area contributed by atoms with Gasteiger partial charge in [-0.1, -0.05) is 0 Å². The minimum absolute atomic E-state index is 0.141. The van der Waals surface area contributed by atoms with Gasteiger partial charge in [-0.2, -0.15) is 0 Å². The molecule has 3 rings (SSSR count). The highest BCUT2D eigenvalue weighted by atomic mass is 127. The number of nitrogens with zero attached hydrogens (tertiary/aromatic N) is 1. The Balaban J connectivity index is 1.66. The van der Waals surface area contributed by atoms with Crippen molar-refractivity contribution >= 4 is 39.8 Å². The molecule has 0 unspecified atom stereocenters. The van der Waals surface area contributed by atoms with Crippen LogP contribution in [0.3, 0.4) is 0 Å². The smallest absolute Gasteiger partial charge is 0.265 e. The van der Waals surface area contributed by atoms with Gasteiger partial charge in [0.15, 0.2) is 5.79 Å². The second kappa shape index (κ2) is 5.07. The maximum Gasteiger partial charge on any atom is 0.265 e. The van der Waals surface area contributed by atoms with Gasteiger partial charge >= 0.3 is 0 Å². The Labute approximate surface area is 123 Å². The van der Waals surface area contributed by atoms with Crippen LogP contribution in [-0.2, 0) is 9.47 Å². The summed E-state index contributed by atoms with van der Waals surface area (Å²) in [6, 6.07) is 1.98. The Morgan fingerprint density at radius 1 is 1.33 bits per heavy atom. The van der Waals surface area contributed by atoms with E-state index in [4.69, 9.17) is 9.47 Å². The summed E-state index contributed by atoms with van der Waals surface area (Å²) in [5.74, 6) is -0.262. The van der Waals surface area contributed by atoms with Crippen LogP contribution in [0.1, 0.15) is 22.5 Å². The predicted molar refractivity (Wildman–Crippen MR) is 76.8 cm³/mol. The number of likely N-dealkylation sites (tertiary alicyclic amines) is 1. The van der Waals surface area contributed by atoms with Crippen molar-refractivity contribution in [2.24, 2.45) is 0 Å². The minimum atomic E-state index is -0.403. The molecule has 2 aliphatic rings. The molecule has 6 heteroatoms. The van der Waals surface area contributed by atoms with E-state index in [1.807, 2.05) is 16.3 Å². The number of rotatable bonds is 1. The first-order valence-corrected chi connectivity index (χ1v) is 7.96. The summed E-state index contributed by atoms with van der Waals surface area (Å²) in [6.07, 6.45) is 1.56. The molecule has 1 aromatic heterocycles. The monoisotopic (exact) mass is 379 g/mol. The van der Waals surface area contributed by atoms with E-state index in [0.29, 0.717) is 26.3 Å². The Hall–Kier alpha value is -0.180. The second-order valence-electron chi connectivity index (χ2n) is 4.50. The fourth-order valence-corrected chi connectivity index (χ4v) is 4.21. The molecule has 2 saturated heterocycles. The number of piperidine rings is 1. The lowest BCUT2D eigenvalue weighted by molar-refractivity contribution is -0.181. The van der Waals surface area contributed by atoms with Gasteiger partial charge in [-0.05, 0) is 34.0 Å². The summed E-state index contributed by atoms with van der Waals surface area (Å²) >= 11 is 3.73. The van der Waals surface area contributed by atoms with Crippen LogP contribution >= 0.6 is 33.9 Å². The van der Waals surface area contributed by atoms with Gasteiger partial charge in [-0.15, -0.1) is 11.3 Å². The highest BCUT2D eigenvalue weighted by Gasteiger charge is 2.41. The fraction of sp³-hybridized carbons (Fsp3) is 0.583. The van der Waals surface area contributed by atoms with Crippen molar-refractivity contribution in [1.29, 1.82) is 0 Å². The molecule has 0 aliphatic carbocycles. The lowest BCUT2D eigenvalue weighted by Crippen LogP contribution is -2.47. The van der Waals surface area contributed by atoms with Crippen molar-refractivity contribution in [2.75, 3.05) is 26.3 Å². The first-order valence-electron chi connectivity index (χ1n) is 6.00. The minimum Gasteiger partial charge on any atom is -0.347 e. The van der Waals surface area contributed by atoms with Crippen LogP contribution in [0.5, 0.6) is 0 Å². The molecular formula is C12H14INO3S. The summed E-state index contributed by atoms with van der Waals surface area (Å²) in [7, 11) is 0. The van der Waals surface area contributed by atoms with Crippen molar-refractivity contribution in [2.45, 2.75) is 18.6 Å². The molecule has 4 nitrogen and oxygen atoms in total. The third-order valence-electron chi connectivity index (χ3n) is 3.44. The van der Waals surface area contributed by atoms with Gasteiger partial charge in [-0.25, -0.2) is 0 Å². The standard InChI is InChI=1S/C12H14INO3S/c13-9-1-8-18-10(9)11(15)14-4-2-12(3-5-14)16-6-7-17-12/h1,8H,2-7H2. The molecule has 0 N–H and O–H groups in total. The number of hydrogen-bond donors (Lipinski definition) is 0. The van der Waals surface area contributed by atoms with Crippen LogP contribution in [0.15, 0.2) is 11.4 Å². The molecule has 1 aromatic rings. The van der Waals surface area contributed by atoms with Crippen molar-refractivity contribution in [1.82, 2.24) is 4.90 Å². The Kier molecular flexibility index (Phi) is 3.61. The quantitative estimate of drug-likeness (QED) is 0.704. The highest BCUT2D eigenvalue weighted by molar-refractivity contribution is 14.1. The topological polar surface area (TPSA) is 38.8 Å². The number of amides is 1. The highest BCUT2D eigenvalue weighted by Crippen LogP contribution is 2.32. The van der Waals surface area contributed by atoms with Crippen molar-refractivity contribution < 1.29 is 14.3 Å². The van der Waals surface area contributed by atoms with E-state index < -0.39 is 5.79 Å². The molecule has 98 valence electrons. The third-order valence-corrected chi connectivity index (χ3v) is 5.60. The molecule has 0 atom stereocenters. The SMILES string of the molecule is O=C(c1sccc1I)N1CCC2(CC1)OCCO2. The van der Waals surface area contributed by atoms with Crippen LogP contribution in [-0.4, -0.2) is 42.9 Å². The molecule has 0 saturated carbocycles. The maximum absolute atomic E-state index is 12.3. The fourth-order valence-electron chi connectivity index (χ4n) is 2.43. The van der Waals surface area contributed by atoms with Gasteiger partial charge in [0.05, 0.1) is 13.2 Å².